The van der Waals surface area contributed by atoms with Crippen LogP contribution in [0.3, 0.4) is 0 Å². The highest BCUT2D eigenvalue weighted by atomic mass is 35.5. The summed E-state index contributed by atoms with van der Waals surface area (Å²) in [6.07, 6.45) is 4.77. The topological polar surface area (TPSA) is 333 Å². The predicted molar refractivity (Wildman–Crippen MR) is 473 cm³/mol. The number of hydrogen-bond acceptors (Lipinski definition) is 12. The third-order valence-electron chi connectivity index (χ3n) is 25.4. The summed E-state index contributed by atoms with van der Waals surface area (Å²) in [6.45, 7) is 10.6. The van der Waals surface area contributed by atoms with E-state index in [4.69, 9.17) is 44.5 Å². The predicted octanol–water partition coefficient (Wildman–Crippen LogP) is 15.5. The molecular formula is C97H84Cl2F5N9O12. The summed E-state index contributed by atoms with van der Waals surface area (Å²) >= 11 is 13.1. The first-order valence-corrected chi connectivity index (χ1v) is 41.0. The molecule has 0 bridgehead atoms. The first kappa shape index (κ1) is 81.7. The number of benzene rings is 10. The molecule has 2 atom stereocenters. The van der Waals surface area contributed by atoms with Crippen molar-refractivity contribution in [1.82, 2.24) is 27.8 Å². The van der Waals surface area contributed by atoms with E-state index in [1.54, 1.807) is 122 Å². The fourth-order valence-electron chi connectivity index (χ4n) is 19.0. The summed E-state index contributed by atoms with van der Waals surface area (Å²) in [7, 11) is 1.34. The molecule has 21 nitrogen and oxygen atoms in total. The van der Waals surface area contributed by atoms with Crippen LogP contribution in [0.15, 0.2) is 186 Å². The number of carbonyl (C=O) groups is 3. The van der Waals surface area contributed by atoms with Crippen molar-refractivity contribution in [2.24, 2.45) is 43.1 Å². The lowest BCUT2D eigenvalue weighted by Gasteiger charge is -2.33. The Morgan fingerprint density at radius 2 is 0.880 bits per heavy atom. The molecule has 0 unspecified atom stereocenters. The molecule has 0 aliphatic heterocycles. The fourth-order valence-corrected chi connectivity index (χ4v) is 19.6. The highest BCUT2D eigenvalue weighted by Crippen LogP contribution is 2.55. The quantitative estimate of drug-likeness (QED) is 0.0562. The smallest absolute Gasteiger partial charge is 0.336 e. The first-order chi connectivity index (χ1) is 60.2. The van der Waals surface area contributed by atoms with Crippen LogP contribution < -0.4 is 50.9 Å². The van der Waals surface area contributed by atoms with Gasteiger partial charge in [0.25, 0.3) is 16.7 Å². The number of primary amides is 3. The van der Waals surface area contributed by atoms with E-state index in [0.29, 0.717) is 128 Å². The molecule has 3 aromatic heterocycles. The number of nitrogens with zero attached hydrogens (tertiary/aromatic N) is 5. The minimum absolute atomic E-state index is 0.00303. The number of aliphatic hydroxyl groups is 3. The summed E-state index contributed by atoms with van der Waals surface area (Å²) in [5.41, 5.74) is 20.6. The summed E-state index contributed by atoms with van der Waals surface area (Å²) in [4.78, 5) is 121. The average Bonchev–Trinajstić information content (AvgIpc) is 1.39. The Kier molecular flexibility index (Phi) is 20.5. The number of halogens is 7. The van der Waals surface area contributed by atoms with E-state index < -0.39 is 110 Å². The van der Waals surface area contributed by atoms with Gasteiger partial charge in [0, 0.05) is 57.1 Å². The molecule has 3 heterocycles. The van der Waals surface area contributed by atoms with E-state index in [-0.39, 0.29) is 110 Å². The molecule has 5 aliphatic rings. The zero-order chi connectivity index (χ0) is 92.4. The molecule has 0 spiro atoms. The van der Waals surface area contributed by atoms with Crippen LogP contribution in [-0.2, 0) is 38.9 Å². The van der Waals surface area contributed by atoms with Gasteiger partial charge >= 0.3 is 17.1 Å². The summed E-state index contributed by atoms with van der Waals surface area (Å²) in [5.74, 6) is -6.16. The molecule has 0 fully saturated rings. The Morgan fingerprint density at radius 3 is 1.35 bits per heavy atom. The van der Waals surface area contributed by atoms with Gasteiger partial charge in [0.2, 0.25) is 17.7 Å². The number of hydrogen-bond donors (Lipinski definition) is 7. The minimum Gasteiger partial charge on any atom is -0.390 e. The second-order valence-corrected chi connectivity index (χ2v) is 34.9. The number of aryl methyl sites for hydroxylation is 2. The molecule has 125 heavy (non-hydrogen) atoms. The number of fused-ring (bicyclic) bond motifs is 10. The zero-order valence-corrected chi connectivity index (χ0v) is 70.5. The highest BCUT2D eigenvalue weighted by Gasteiger charge is 2.42. The first-order valence-electron chi connectivity index (χ1n) is 41.7. The van der Waals surface area contributed by atoms with E-state index in [9.17, 15) is 67.3 Å². The molecule has 5 aliphatic carbocycles. The van der Waals surface area contributed by atoms with Crippen LogP contribution in [0, 0.1) is 54.8 Å². The van der Waals surface area contributed by atoms with Gasteiger partial charge in [-0.3, -0.25) is 37.9 Å². The van der Waals surface area contributed by atoms with Crippen molar-refractivity contribution in [2.45, 2.75) is 130 Å². The zero-order valence-electron chi connectivity index (χ0n) is 72.0. The van der Waals surface area contributed by atoms with Gasteiger partial charge in [-0.15, -0.1) is 0 Å². The largest absolute Gasteiger partial charge is 0.390 e. The van der Waals surface area contributed by atoms with Crippen molar-refractivity contribution in [1.29, 1.82) is 0 Å². The van der Waals surface area contributed by atoms with E-state index in [1.807, 2.05) is 0 Å². The van der Waals surface area contributed by atoms with Gasteiger partial charge in [-0.2, -0.15) is 0 Å². The molecule has 13 aromatic rings. The third-order valence-corrected chi connectivity index (χ3v) is 26.1. The lowest BCUT2D eigenvalue weighted by molar-refractivity contribution is 0.0118. The molecule has 0 radical (unpaired) electrons. The summed E-state index contributed by atoms with van der Waals surface area (Å²) < 4.78 is 105. The Bertz CT molecular complexity index is 7590. The Morgan fingerprint density at radius 1 is 0.472 bits per heavy atom. The van der Waals surface area contributed by atoms with Crippen LogP contribution in [0.25, 0.3) is 105 Å². The molecule has 10 N–H and O–H groups in total. The minimum atomic E-state index is -3.12. The van der Waals surface area contributed by atoms with Crippen LogP contribution in [0.2, 0.25) is 10.0 Å². The molecule has 28 heteroatoms. The number of nitrogens with one attached hydrogen (secondary N) is 1. The van der Waals surface area contributed by atoms with Crippen molar-refractivity contribution >= 4 is 84.8 Å². The second kappa shape index (κ2) is 31.4. The van der Waals surface area contributed by atoms with Gasteiger partial charge in [0.15, 0.2) is 0 Å². The Hall–Kier alpha value is -13.0. The Balaban J connectivity index is 0.000000141. The second-order valence-electron chi connectivity index (χ2n) is 34.1. The van der Waals surface area contributed by atoms with Gasteiger partial charge in [0.1, 0.15) is 29.1 Å². The van der Waals surface area contributed by atoms with E-state index in [0.717, 1.165) is 65.8 Å². The van der Waals surface area contributed by atoms with Gasteiger partial charge < -0.3 is 37.5 Å². The number of aromatic nitrogens is 6. The highest BCUT2D eigenvalue weighted by molar-refractivity contribution is 6.36. The number of rotatable bonds is 12. The maximum absolute atomic E-state index is 16.2. The van der Waals surface area contributed by atoms with E-state index in [1.165, 1.54) is 61.6 Å². The van der Waals surface area contributed by atoms with Crippen molar-refractivity contribution in [3.8, 4) is 61.6 Å². The normalized spacial score (nSPS) is 15.7. The van der Waals surface area contributed by atoms with Crippen LogP contribution in [-0.4, -0.2) is 72.1 Å². The number of nitrogens with two attached hydrogens (primary N) is 3. The average molecular weight is 1740 g/mol. The number of allylic oxidation sites excluding steroid dienone is 4. The van der Waals surface area contributed by atoms with E-state index >= 15 is 13.2 Å². The molecule has 638 valence electrons. The number of para-hydroxylation sites is 3. The molecule has 3 amide bonds. The maximum atomic E-state index is 16.2. The number of amides is 3. The third kappa shape index (κ3) is 14.3. The summed E-state index contributed by atoms with van der Waals surface area (Å²) in [6, 6.07) is 35.0. The lowest BCUT2D eigenvalue weighted by atomic mass is 9.75. The monoisotopic (exact) mass is 1730 g/mol. The number of aromatic amines is 1. The summed E-state index contributed by atoms with van der Waals surface area (Å²) in [5, 5.41) is 32.0. The van der Waals surface area contributed by atoms with Gasteiger partial charge in [-0.25, -0.2) is 50.0 Å². The van der Waals surface area contributed by atoms with Gasteiger partial charge in [0.05, 0.1) is 76.6 Å². The molecule has 0 saturated heterocycles. The lowest BCUT2D eigenvalue weighted by Crippen LogP contribution is -2.38. The van der Waals surface area contributed by atoms with Crippen LogP contribution >= 0.6 is 23.2 Å². The van der Waals surface area contributed by atoms with Gasteiger partial charge in [-0.1, -0.05) is 107 Å². The molecule has 18 rings (SSSR count). The van der Waals surface area contributed by atoms with Crippen LogP contribution in [0.5, 0.6) is 0 Å². The molecule has 10 aromatic carbocycles. The Labute approximate surface area is 724 Å². The number of carbonyl (C=O) groups excluding carboxylic acids is 3. The number of H-pyrrole nitrogens is 1. The maximum Gasteiger partial charge on any atom is 0.336 e. The van der Waals surface area contributed by atoms with E-state index in [2.05, 4.69) is 4.98 Å². The molecule has 0 saturated carbocycles. The fraction of sp³-hybridized carbons (Fsp3) is 0.247. The van der Waals surface area contributed by atoms with Crippen molar-refractivity contribution in [3.05, 3.63) is 325 Å². The standard InChI is InChI=1S/C33H31F2N3O4.C32H24ClF2N3O4.C32H29ClFN3O4/c1-16-19(7-6-10-26(16)38-31(40)21-8-5-9-24(34)29(21)37(4)32(38)41)28-25(35)15-23(30(36)39)22-14-17-13-18(33(2,3)42)11-12-20(17)27(22)28;1-32(2,42)16-10-11-17-15(12-16)13-20-21(29(36)39)14-23(35)26(25(17)20)18-6-5-9-24(27(18)33)38-30(40)19-7-4-8-22(34)28(19)37(3)31(38)41;1-15-18(6-5-9-25(15)37-30(39)20-7-4-8-23(33)28(20)36-31(37)40)27-24(34)14-22(29(35)38)21-13-16-12-17(32(2,3)41)10-11-19(16)26(21)27/h5-10,15,18,42H,11-14H2,1-4H3,(H2,36,39);4-12,14,42H,13H2,1-3H3,(H2,36,39);4-9,14,17,41H,10-13H2,1-3H3,(H2,35,38)(H,36,40)/t18-;;17-/m0.0/s1/i4D3;;. The van der Waals surface area contributed by atoms with Crippen LogP contribution in [0.1, 0.15) is 165 Å². The van der Waals surface area contributed by atoms with Crippen LogP contribution in [0.4, 0.5) is 22.0 Å². The molecular weight excluding hydrogens is 1650 g/mol. The van der Waals surface area contributed by atoms with Crippen molar-refractivity contribution in [2.75, 3.05) is 0 Å². The van der Waals surface area contributed by atoms with Crippen molar-refractivity contribution in [3.63, 3.8) is 0 Å². The van der Waals surface area contributed by atoms with Crippen molar-refractivity contribution < 1.29 is 55.8 Å². The van der Waals surface area contributed by atoms with Gasteiger partial charge in [-0.05, 0) is 281 Å². The SMILES string of the molecule is Cc1c(-c2c(F)cc(C(N)=O)c3c2C2=C(C3)C[C@@H](C(C)(C)O)CC2)cccc1-n1c(=O)[nH]c2c(Cl)cccc2c1=O.Cn1c(=O)n(-c2cccc(-c3c(F)cc(C(N)=O)c4c3-c3ccc(C(C)(C)O)cc3C4)c2Cl)c(=O)c2cccc(F)c21.[2H]C([2H])([2H])n1c(=O)n(-c2cccc(-c3c(F)cc(C(N)=O)c4c3C3=C(C4)C[C@@H](C(C)(C)O)CC3)c2C)c(=O)c2cccc(F)c21.